The lowest BCUT2D eigenvalue weighted by atomic mass is 10.1. The fourth-order valence-electron chi connectivity index (χ4n) is 2.73. The van der Waals surface area contributed by atoms with E-state index < -0.39 is 0 Å². The van der Waals surface area contributed by atoms with Crippen LogP contribution in [0.4, 0.5) is 0 Å². The van der Waals surface area contributed by atoms with Gasteiger partial charge in [0.05, 0.1) is 17.4 Å². The highest BCUT2D eigenvalue weighted by atomic mass is 16.2. The Kier molecular flexibility index (Phi) is 4.61. The number of hydrogen-bond donors (Lipinski definition) is 1. The number of amides is 1. The van der Waals surface area contributed by atoms with Gasteiger partial charge in [0, 0.05) is 12.4 Å². The zero-order chi connectivity index (χ0) is 18.0. The molecule has 0 saturated carbocycles. The highest BCUT2D eigenvalue weighted by molar-refractivity contribution is 5.93. The van der Waals surface area contributed by atoms with Crippen molar-refractivity contribution in [2.75, 3.05) is 0 Å². The Morgan fingerprint density at radius 2 is 1.80 bits per heavy atom. The molecule has 2 aromatic heterocycles. The van der Waals surface area contributed by atoms with Crippen LogP contribution in [-0.4, -0.2) is 25.9 Å². The Bertz CT molecular complexity index is 901. The summed E-state index contributed by atoms with van der Waals surface area (Å²) in [4.78, 5) is 18.1. The van der Waals surface area contributed by atoms with Crippen LogP contribution in [0.3, 0.4) is 0 Å². The van der Waals surface area contributed by atoms with Gasteiger partial charge in [0.25, 0.3) is 5.91 Å². The first-order chi connectivity index (χ1) is 12.0. The van der Waals surface area contributed by atoms with Gasteiger partial charge in [-0.2, -0.15) is 9.90 Å². The van der Waals surface area contributed by atoms with Crippen molar-refractivity contribution in [1.29, 1.82) is 0 Å². The van der Waals surface area contributed by atoms with Crippen LogP contribution in [0.25, 0.3) is 5.69 Å². The van der Waals surface area contributed by atoms with Crippen LogP contribution in [0, 0.1) is 20.8 Å². The molecule has 128 valence electrons. The van der Waals surface area contributed by atoms with Gasteiger partial charge in [-0.05, 0) is 57.0 Å². The average molecular weight is 335 g/mol. The zero-order valence-corrected chi connectivity index (χ0v) is 14.8. The maximum absolute atomic E-state index is 12.6. The molecular formula is C19H21N5O. The second kappa shape index (κ2) is 6.84. The van der Waals surface area contributed by atoms with Gasteiger partial charge < -0.3 is 5.32 Å². The molecule has 2 heterocycles. The standard InChI is InChI=1S/C19H21N5O/c1-12-5-6-17(13(2)11-12)24-22-15(4)18(23-24)19(25)21-14(3)16-7-9-20-10-8-16/h5-11,14H,1-4H3,(H,21,25). The average Bonchev–Trinajstić information content (AvgIpc) is 2.97. The summed E-state index contributed by atoms with van der Waals surface area (Å²) < 4.78 is 0. The number of aryl methyl sites for hydroxylation is 3. The summed E-state index contributed by atoms with van der Waals surface area (Å²) >= 11 is 0. The first-order valence-electron chi connectivity index (χ1n) is 8.18. The monoisotopic (exact) mass is 335 g/mol. The summed E-state index contributed by atoms with van der Waals surface area (Å²) in [7, 11) is 0. The van der Waals surface area contributed by atoms with Crippen molar-refractivity contribution in [2.24, 2.45) is 0 Å². The molecule has 1 aromatic carbocycles. The third kappa shape index (κ3) is 3.57. The minimum atomic E-state index is -0.238. The van der Waals surface area contributed by atoms with E-state index in [0.717, 1.165) is 16.8 Å². The van der Waals surface area contributed by atoms with Crippen molar-refractivity contribution in [3.8, 4) is 5.69 Å². The molecule has 0 aliphatic carbocycles. The lowest BCUT2D eigenvalue weighted by molar-refractivity contribution is 0.0933. The van der Waals surface area contributed by atoms with E-state index in [-0.39, 0.29) is 11.9 Å². The zero-order valence-electron chi connectivity index (χ0n) is 14.8. The van der Waals surface area contributed by atoms with Crippen molar-refractivity contribution in [3.63, 3.8) is 0 Å². The van der Waals surface area contributed by atoms with E-state index in [1.54, 1.807) is 19.3 Å². The molecule has 0 saturated heterocycles. The van der Waals surface area contributed by atoms with Crippen molar-refractivity contribution >= 4 is 5.91 Å². The summed E-state index contributed by atoms with van der Waals surface area (Å²) in [6, 6.07) is 9.66. The van der Waals surface area contributed by atoms with Crippen LogP contribution < -0.4 is 5.32 Å². The van der Waals surface area contributed by atoms with Gasteiger partial charge in [0.15, 0.2) is 5.69 Å². The largest absolute Gasteiger partial charge is 0.344 e. The highest BCUT2D eigenvalue weighted by Gasteiger charge is 2.19. The molecule has 6 heteroatoms. The number of carbonyl (C=O) groups excluding carboxylic acids is 1. The van der Waals surface area contributed by atoms with Crippen molar-refractivity contribution < 1.29 is 4.79 Å². The smallest absolute Gasteiger partial charge is 0.274 e. The SMILES string of the molecule is Cc1ccc(-n2nc(C)c(C(=O)NC(C)c3ccncc3)n2)c(C)c1. The molecule has 0 aliphatic rings. The number of rotatable bonds is 4. The first-order valence-corrected chi connectivity index (χ1v) is 8.18. The van der Waals surface area contributed by atoms with Gasteiger partial charge in [0.1, 0.15) is 0 Å². The number of aromatic nitrogens is 4. The summed E-state index contributed by atoms with van der Waals surface area (Å²) in [5.41, 5.74) is 5.03. The van der Waals surface area contributed by atoms with E-state index in [0.29, 0.717) is 11.4 Å². The number of nitrogens with zero attached hydrogens (tertiary/aromatic N) is 4. The maximum Gasteiger partial charge on any atom is 0.274 e. The van der Waals surface area contributed by atoms with Crippen molar-refractivity contribution in [3.05, 3.63) is 70.8 Å². The topological polar surface area (TPSA) is 72.7 Å². The van der Waals surface area contributed by atoms with Crippen LogP contribution in [-0.2, 0) is 0 Å². The van der Waals surface area contributed by atoms with Gasteiger partial charge in [-0.25, -0.2) is 0 Å². The van der Waals surface area contributed by atoms with Crippen LogP contribution in [0.5, 0.6) is 0 Å². The fraction of sp³-hybridized carbons (Fsp3) is 0.263. The second-order valence-corrected chi connectivity index (χ2v) is 6.19. The Morgan fingerprint density at radius 1 is 1.08 bits per heavy atom. The highest BCUT2D eigenvalue weighted by Crippen LogP contribution is 2.16. The number of benzene rings is 1. The van der Waals surface area contributed by atoms with Crippen molar-refractivity contribution in [1.82, 2.24) is 25.3 Å². The minimum Gasteiger partial charge on any atom is -0.344 e. The normalized spacial score (nSPS) is 12.0. The third-order valence-corrected chi connectivity index (χ3v) is 4.12. The van der Waals surface area contributed by atoms with E-state index >= 15 is 0 Å². The first kappa shape index (κ1) is 16.8. The lowest BCUT2D eigenvalue weighted by Gasteiger charge is -2.13. The maximum atomic E-state index is 12.6. The van der Waals surface area contributed by atoms with Gasteiger partial charge in [-0.1, -0.05) is 17.7 Å². The summed E-state index contributed by atoms with van der Waals surface area (Å²) in [5.74, 6) is -0.238. The Balaban J connectivity index is 1.83. The van der Waals surface area contributed by atoms with Crippen LogP contribution in [0.2, 0.25) is 0 Å². The molecule has 1 amide bonds. The summed E-state index contributed by atoms with van der Waals surface area (Å²) in [6.07, 6.45) is 3.42. The number of carbonyl (C=O) groups is 1. The molecule has 0 radical (unpaired) electrons. The molecule has 0 bridgehead atoms. The van der Waals surface area contributed by atoms with Gasteiger partial charge in [-0.15, -0.1) is 5.10 Å². The molecule has 3 aromatic rings. The van der Waals surface area contributed by atoms with Gasteiger partial charge >= 0.3 is 0 Å². The Hall–Kier alpha value is -3.02. The summed E-state index contributed by atoms with van der Waals surface area (Å²) in [6.45, 7) is 7.76. The van der Waals surface area contributed by atoms with E-state index in [1.807, 2.05) is 45.0 Å². The summed E-state index contributed by atoms with van der Waals surface area (Å²) in [5, 5.41) is 11.8. The molecule has 1 N–H and O–H groups in total. The molecular weight excluding hydrogens is 314 g/mol. The number of pyridine rings is 1. The van der Waals surface area contributed by atoms with Crippen LogP contribution >= 0.6 is 0 Å². The number of hydrogen-bond acceptors (Lipinski definition) is 4. The molecule has 0 aliphatic heterocycles. The van der Waals surface area contributed by atoms with Gasteiger partial charge in [0.2, 0.25) is 0 Å². The molecule has 3 rings (SSSR count). The lowest BCUT2D eigenvalue weighted by Crippen LogP contribution is -2.27. The quantitative estimate of drug-likeness (QED) is 0.795. The van der Waals surface area contributed by atoms with E-state index in [1.165, 1.54) is 10.4 Å². The van der Waals surface area contributed by atoms with Crippen LogP contribution in [0.1, 0.15) is 45.8 Å². The third-order valence-electron chi connectivity index (χ3n) is 4.12. The molecule has 0 fully saturated rings. The molecule has 1 atom stereocenters. The number of nitrogens with one attached hydrogen (secondary N) is 1. The predicted molar refractivity (Wildman–Crippen MR) is 95.7 cm³/mol. The van der Waals surface area contributed by atoms with E-state index in [4.69, 9.17) is 0 Å². The minimum absolute atomic E-state index is 0.138. The molecule has 6 nitrogen and oxygen atoms in total. The predicted octanol–water partition coefficient (Wildman–Crippen LogP) is 3.08. The molecule has 0 spiro atoms. The Morgan fingerprint density at radius 3 is 2.48 bits per heavy atom. The van der Waals surface area contributed by atoms with Crippen molar-refractivity contribution in [2.45, 2.75) is 33.7 Å². The van der Waals surface area contributed by atoms with E-state index in [9.17, 15) is 4.79 Å². The fourth-order valence-corrected chi connectivity index (χ4v) is 2.73. The second-order valence-electron chi connectivity index (χ2n) is 6.19. The van der Waals surface area contributed by atoms with E-state index in [2.05, 4.69) is 26.6 Å². The van der Waals surface area contributed by atoms with Gasteiger partial charge in [-0.3, -0.25) is 9.78 Å². The van der Waals surface area contributed by atoms with Crippen LogP contribution in [0.15, 0.2) is 42.7 Å². The Labute approximate surface area is 146 Å². The molecule has 1 unspecified atom stereocenters. The molecule has 25 heavy (non-hydrogen) atoms.